The standard InChI is InChI=1S/C32H35F2N3O6.H2/c1-19(2)16-41-30(38)22-6-5-7-25(12-22)37-27-11-10-26(13-24(27)15-35)43-29(20(3)36-31(39)32(4,33)34)21-8-9-23-17-40-18-42-28(23)14-21;/h5-15,19-20,29,35,37H,16-18H2,1-4H3,(H,36,39);1H/t20-,29-;/m0./s1. The van der Waals surface area contributed by atoms with E-state index in [2.05, 4.69) is 10.6 Å². The molecule has 0 unspecified atom stereocenters. The molecule has 0 saturated heterocycles. The van der Waals surface area contributed by atoms with E-state index in [1.807, 2.05) is 13.8 Å². The zero-order valence-corrected chi connectivity index (χ0v) is 24.4. The lowest BCUT2D eigenvalue weighted by molar-refractivity contribution is -0.144. The molecule has 0 bridgehead atoms. The van der Waals surface area contributed by atoms with Gasteiger partial charge in [-0.1, -0.05) is 32.0 Å². The molecule has 9 nitrogen and oxygen atoms in total. The second-order valence-electron chi connectivity index (χ2n) is 10.8. The van der Waals surface area contributed by atoms with Crippen molar-refractivity contribution in [3.8, 4) is 11.5 Å². The number of hydrogen-bond acceptors (Lipinski definition) is 8. The number of amides is 1. The van der Waals surface area contributed by atoms with Crippen LogP contribution in [0, 0.1) is 11.3 Å². The summed E-state index contributed by atoms with van der Waals surface area (Å²) in [5.41, 5.74) is 3.45. The predicted octanol–water partition coefficient (Wildman–Crippen LogP) is 6.63. The molecule has 1 amide bonds. The van der Waals surface area contributed by atoms with Crippen molar-refractivity contribution >= 4 is 29.5 Å². The molecule has 3 aromatic rings. The third-order valence-corrected chi connectivity index (χ3v) is 6.55. The van der Waals surface area contributed by atoms with Crippen LogP contribution in [0.5, 0.6) is 11.5 Å². The third kappa shape index (κ3) is 8.29. The van der Waals surface area contributed by atoms with Crippen LogP contribution >= 0.6 is 0 Å². The van der Waals surface area contributed by atoms with Crippen molar-refractivity contribution in [2.45, 2.75) is 52.4 Å². The first-order valence-corrected chi connectivity index (χ1v) is 13.8. The average molecular weight is 598 g/mol. The Hall–Kier alpha value is -4.51. The first kappa shape index (κ1) is 31.4. The summed E-state index contributed by atoms with van der Waals surface area (Å²) in [4.78, 5) is 24.5. The fourth-order valence-electron chi connectivity index (χ4n) is 4.33. The van der Waals surface area contributed by atoms with Gasteiger partial charge in [-0.15, -0.1) is 0 Å². The van der Waals surface area contributed by atoms with Crippen LogP contribution in [0.4, 0.5) is 20.2 Å². The summed E-state index contributed by atoms with van der Waals surface area (Å²) in [5.74, 6) is -4.30. The molecule has 1 aliphatic rings. The summed E-state index contributed by atoms with van der Waals surface area (Å²) >= 11 is 0. The highest BCUT2D eigenvalue weighted by Gasteiger charge is 2.35. The Morgan fingerprint density at radius 1 is 1.12 bits per heavy atom. The Balaban J connectivity index is 0.00000529. The number of rotatable bonds is 12. The molecule has 4 rings (SSSR count). The largest absolute Gasteiger partial charge is 0.484 e. The molecule has 0 aliphatic carbocycles. The Labute approximate surface area is 250 Å². The zero-order valence-electron chi connectivity index (χ0n) is 24.4. The van der Waals surface area contributed by atoms with E-state index in [1.54, 1.807) is 67.6 Å². The Bertz CT molecular complexity index is 1480. The highest BCUT2D eigenvalue weighted by atomic mass is 19.3. The maximum Gasteiger partial charge on any atom is 0.338 e. The van der Waals surface area contributed by atoms with Gasteiger partial charge in [0, 0.05) is 37.1 Å². The van der Waals surface area contributed by atoms with Crippen molar-refractivity contribution in [1.29, 1.82) is 5.41 Å². The summed E-state index contributed by atoms with van der Waals surface area (Å²) in [6.07, 6.45) is 0.259. The number of fused-ring (bicyclic) bond motifs is 1. The maximum absolute atomic E-state index is 13.7. The third-order valence-electron chi connectivity index (χ3n) is 6.55. The lowest BCUT2D eigenvalue weighted by Crippen LogP contribution is -2.46. The van der Waals surface area contributed by atoms with Crippen molar-refractivity contribution in [3.63, 3.8) is 0 Å². The van der Waals surface area contributed by atoms with Gasteiger partial charge in [-0.25, -0.2) is 4.79 Å². The minimum Gasteiger partial charge on any atom is -0.484 e. The molecule has 0 spiro atoms. The Morgan fingerprint density at radius 2 is 1.91 bits per heavy atom. The first-order chi connectivity index (χ1) is 20.4. The molecule has 11 heteroatoms. The summed E-state index contributed by atoms with van der Waals surface area (Å²) in [6.45, 7) is 6.78. The number of anilines is 2. The number of hydrogen-bond donors (Lipinski definition) is 3. The van der Waals surface area contributed by atoms with Crippen molar-refractivity contribution < 1.29 is 38.7 Å². The molecule has 230 valence electrons. The van der Waals surface area contributed by atoms with Gasteiger partial charge in [0.25, 0.3) is 5.91 Å². The number of ether oxygens (including phenoxy) is 4. The lowest BCUT2D eigenvalue weighted by Gasteiger charge is -2.29. The molecule has 3 aromatic carbocycles. The summed E-state index contributed by atoms with van der Waals surface area (Å²) in [6, 6.07) is 16.2. The highest BCUT2D eigenvalue weighted by molar-refractivity contribution is 5.92. The van der Waals surface area contributed by atoms with Gasteiger partial charge in [-0.2, -0.15) is 8.78 Å². The molecule has 1 aliphatic heterocycles. The van der Waals surface area contributed by atoms with Crippen molar-refractivity contribution in [2.75, 3.05) is 18.7 Å². The van der Waals surface area contributed by atoms with E-state index in [4.69, 9.17) is 24.4 Å². The quantitative estimate of drug-likeness (QED) is 0.158. The molecular weight excluding hydrogens is 560 g/mol. The zero-order chi connectivity index (χ0) is 31.1. The molecule has 0 fully saturated rings. The first-order valence-electron chi connectivity index (χ1n) is 13.8. The van der Waals surface area contributed by atoms with E-state index >= 15 is 0 Å². The van der Waals surface area contributed by atoms with E-state index in [-0.39, 0.29) is 14.1 Å². The fourth-order valence-corrected chi connectivity index (χ4v) is 4.33. The molecule has 1 heterocycles. The maximum atomic E-state index is 13.7. The van der Waals surface area contributed by atoms with Gasteiger partial charge in [0.05, 0.1) is 24.8 Å². The Kier molecular flexibility index (Phi) is 9.97. The van der Waals surface area contributed by atoms with Crippen LogP contribution in [0.2, 0.25) is 0 Å². The lowest BCUT2D eigenvalue weighted by atomic mass is 10.00. The van der Waals surface area contributed by atoms with Gasteiger partial charge in [0.2, 0.25) is 0 Å². The molecular formula is C32H37F2N3O6. The average Bonchev–Trinajstić information content (AvgIpc) is 2.98. The normalized spacial score (nSPS) is 14.1. The summed E-state index contributed by atoms with van der Waals surface area (Å²) in [7, 11) is 0. The topological polar surface area (TPSA) is 119 Å². The highest BCUT2D eigenvalue weighted by Crippen LogP contribution is 2.33. The van der Waals surface area contributed by atoms with Crippen LogP contribution in [-0.4, -0.2) is 43.5 Å². The van der Waals surface area contributed by atoms with Crippen LogP contribution in [0.3, 0.4) is 0 Å². The van der Waals surface area contributed by atoms with Crippen LogP contribution in [-0.2, 0) is 20.9 Å². The Morgan fingerprint density at radius 3 is 2.63 bits per heavy atom. The number of carbonyl (C=O) groups is 2. The van der Waals surface area contributed by atoms with Gasteiger partial charge < -0.3 is 35.0 Å². The summed E-state index contributed by atoms with van der Waals surface area (Å²) < 4.78 is 49.9. The minimum absolute atomic E-state index is 0. The smallest absolute Gasteiger partial charge is 0.338 e. The number of esters is 1. The number of halogens is 2. The van der Waals surface area contributed by atoms with Crippen molar-refractivity contribution in [3.05, 3.63) is 82.9 Å². The second-order valence-corrected chi connectivity index (χ2v) is 10.8. The predicted molar refractivity (Wildman–Crippen MR) is 160 cm³/mol. The van der Waals surface area contributed by atoms with Gasteiger partial charge in [-0.3, -0.25) is 4.79 Å². The number of alkyl halides is 2. The molecule has 0 radical (unpaired) electrons. The second kappa shape index (κ2) is 13.6. The number of carbonyl (C=O) groups excluding carboxylic acids is 2. The van der Waals surface area contributed by atoms with E-state index < -0.39 is 29.9 Å². The summed E-state index contributed by atoms with van der Waals surface area (Å²) in [5, 5.41) is 13.5. The number of nitrogens with one attached hydrogen (secondary N) is 3. The fraction of sp³-hybridized carbons (Fsp3) is 0.344. The van der Waals surface area contributed by atoms with Gasteiger partial charge in [-0.05, 0) is 60.9 Å². The monoisotopic (exact) mass is 597 g/mol. The molecule has 43 heavy (non-hydrogen) atoms. The van der Waals surface area contributed by atoms with Crippen LogP contribution in [0.15, 0.2) is 60.7 Å². The molecule has 2 atom stereocenters. The molecule has 0 aromatic heterocycles. The van der Waals surface area contributed by atoms with Gasteiger partial charge >= 0.3 is 11.9 Å². The van der Waals surface area contributed by atoms with E-state index in [0.717, 1.165) is 11.8 Å². The van der Waals surface area contributed by atoms with E-state index in [0.29, 0.717) is 59.7 Å². The SMILES string of the molecule is CC(C)COC(=O)c1cccc(Nc2ccc(O[C@H](c3ccc4c(c3)OCOC4)[C@H](C)NC(=O)C(C)(F)F)cc2C=N)c1.[HH]. The van der Waals surface area contributed by atoms with E-state index in [9.17, 15) is 18.4 Å². The van der Waals surface area contributed by atoms with Crippen LogP contribution < -0.4 is 20.1 Å². The van der Waals surface area contributed by atoms with Crippen molar-refractivity contribution in [2.24, 2.45) is 5.92 Å². The van der Waals surface area contributed by atoms with E-state index in [1.165, 1.54) is 0 Å². The number of benzene rings is 3. The van der Waals surface area contributed by atoms with Gasteiger partial charge in [0.15, 0.2) is 6.79 Å². The van der Waals surface area contributed by atoms with Crippen LogP contribution in [0.1, 0.15) is 62.3 Å². The molecule has 3 N–H and O–H groups in total. The van der Waals surface area contributed by atoms with Gasteiger partial charge in [0.1, 0.15) is 17.6 Å². The minimum atomic E-state index is -3.57. The molecule has 0 saturated carbocycles. The van der Waals surface area contributed by atoms with Crippen LogP contribution in [0.25, 0.3) is 0 Å². The van der Waals surface area contributed by atoms with Crippen molar-refractivity contribution in [1.82, 2.24) is 5.32 Å².